The largest absolute Gasteiger partial charge is 0.309 e. The molecule has 0 bridgehead atoms. The van der Waals surface area contributed by atoms with Crippen LogP contribution in [-0.2, 0) is 0 Å². The summed E-state index contributed by atoms with van der Waals surface area (Å²) in [6.45, 7) is 7.42. The highest BCUT2D eigenvalue weighted by Crippen LogP contribution is 2.40. The number of nitriles is 1. The number of para-hydroxylation sites is 4. The summed E-state index contributed by atoms with van der Waals surface area (Å²) in [4.78, 5) is 8.76. The zero-order valence-corrected chi connectivity index (χ0v) is 28.2. The number of aromatic nitrogens is 5. The van der Waals surface area contributed by atoms with Crippen molar-refractivity contribution in [1.29, 1.82) is 5.26 Å². The highest BCUT2D eigenvalue weighted by molar-refractivity contribution is 6.14. The molecule has 53 heavy (non-hydrogen) atoms. The van der Waals surface area contributed by atoms with E-state index in [9.17, 15) is 5.26 Å². The fraction of sp³-hybridized carbons (Fsp3) is 0. The smallest absolute Gasteiger partial charge is 0.187 e. The number of hydrogen-bond donors (Lipinski definition) is 0. The summed E-state index contributed by atoms with van der Waals surface area (Å²) >= 11 is 0. The minimum atomic E-state index is 0.536. The van der Waals surface area contributed by atoms with Crippen LogP contribution in [0.5, 0.6) is 0 Å². The van der Waals surface area contributed by atoms with E-state index in [2.05, 4.69) is 135 Å². The molecule has 0 atom stereocenters. The summed E-state index contributed by atoms with van der Waals surface area (Å²) in [5.74, 6) is 1.20. The Labute approximate surface area is 304 Å². The Morgan fingerprint density at radius 3 is 1.75 bits per heavy atom. The number of rotatable bonds is 5. The average molecular weight is 678 g/mol. The van der Waals surface area contributed by atoms with Crippen molar-refractivity contribution in [2.75, 3.05) is 0 Å². The minimum absolute atomic E-state index is 0.536. The lowest BCUT2D eigenvalue weighted by Crippen LogP contribution is -2.02. The molecule has 7 nitrogen and oxygen atoms in total. The van der Waals surface area contributed by atoms with E-state index in [0.717, 1.165) is 61.0 Å². The van der Waals surface area contributed by atoms with Crippen LogP contribution < -0.4 is 0 Å². The Bertz CT molecular complexity index is 3070. The van der Waals surface area contributed by atoms with E-state index in [1.807, 2.05) is 28.9 Å². The van der Waals surface area contributed by atoms with Gasteiger partial charge < -0.3 is 9.13 Å². The van der Waals surface area contributed by atoms with Gasteiger partial charge >= 0.3 is 0 Å². The van der Waals surface area contributed by atoms with E-state index < -0.39 is 0 Å². The summed E-state index contributed by atoms with van der Waals surface area (Å²) in [5.41, 5.74) is 10.1. The molecule has 3 heterocycles. The van der Waals surface area contributed by atoms with Gasteiger partial charge in [-0.25, -0.2) is 14.5 Å². The van der Waals surface area contributed by atoms with Gasteiger partial charge in [0.05, 0.1) is 46.0 Å². The van der Waals surface area contributed by atoms with Gasteiger partial charge in [-0.05, 0) is 66.7 Å². The molecular weight excluding hydrogens is 651 g/mol. The van der Waals surface area contributed by atoms with Crippen LogP contribution in [0.3, 0.4) is 0 Å². The summed E-state index contributed by atoms with van der Waals surface area (Å²) < 4.78 is 6.53. The lowest BCUT2D eigenvalue weighted by Gasteiger charge is -2.14. The van der Waals surface area contributed by atoms with Crippen molar-refractivity contribution in [2.24, 2.45) is 0 Å². The SMILES string of the molecule is [C-]#[N+]c1ccc(-c2nc(-c3cccc4c5ccccc5n(-c5cccc(-n6c7ccccc7c7ccccc76)c5)c34)n(-c3ccc(C#N)cc3)n2)cc1. The van der Waals surface area contributed by atoms with E-state index in [0.29, 0.717) is 22.9 Å². The predicted molar refractivity (Wildman–Crippen MR) is 212 cm³/mol. The predicted octanol–water partition coefficient (Wildman–Crippen LogP) is 11.2. The molecule has 0 saturated carbocycles. The normalized spacial score (nSPS) is 11.4. The Balaban J connectivity index is 1.24. The van der Waals surface area contributed by atoms with E-state index in [-0.39, 0.29) is 0 Å². The van der Waals surface area contributed by atoms with Crippen LogP contribution in [0.2, 0.25) is 0 Å². The van der Waals surface area contributed by atoms with Gasteiger partial charge in [0.2, 0.25) is 0 Å². The van der Waals surface area contributed by atoms with Gasteiger partial charge in [-0.1, -0.05) is 97.1 Å². The molecule has 0 aliphatic carbocycles. The Morgan fingerprint density at radius 2 is 1.11 bits per heavy atom. The Morgan fingerprint density at radius 1 is 0.547 bits per heavy atom. The van der Waals surface area contributed by atoms with Crippen molar-refractivity contribution in [2.45, 2.75) is 0 Å². The molecular formula is C46H27N7. The van der Waals surface area contributed by atoms with Crippen LogP contribution >= 0.6 is 0 Å². The first-order chi connectivity index (χ1) is 26.2. The molecule has 0 radical (unpaired) electrons. The van der Waals surface area contributed by atoms with Gasteiger partial charge in [-0.3, -0.25) is 0 Å². The molecule has 0 amide bonds. The van der Waals surface area contributed by atoms with Crippen LogP contribution in [0, 0.1) is 17.9 Å². The van der Waals surface area contributed by atoms with Gasteiger partial charge in [0, 0.05) is 44.0 Å². The lowest BCUT2D eigenvalue weighted by molar-refractivity contribution is 0.890. The highest BCUT2D eigenvalue weighted by Gasteiger charge is 2.22. The second kappa shape index (κ2) is 11.9. The first kappa shape index (κ1) is 30.1. The molecule has 0 N–H and O–H groups in total. The highest BCUT2D eigenvalue weighted by atomic mass is 15.4. The van der Waals surface area contributed by atoms with Gasteiger partial charge in [0.1, 0.15) is 0 Å². The first-order valence-corrected chi connectivity index (χ1v) is 17.3. The average Bonchev–Trinajstić information content (AvgIpc) is 3.92. The van der Waals surface area contributed by atoms with E-state index >= 15 is 0 Å². The van der Waals surface area contributed by atoms with Crippen LogP contribution in [0.4, 0.5) is 5.69 Å². The third-order valence-corrected chi connectivity index (χ3v) is 9.96. The summed E-state index contributed by atoms with van der Waals surface area (Å²) in [7, 11) is 0. The van der Waals surface area contributed by atoms with Crippen molar-refractivity contribution in [3.05, 3.63) is 181 Å². The Hall–Kier alpha value is -7.74. The molecule has 0 saturated heterocycles. The summed E-state index contributed by atoms with van der Waals surface area (Å²) in [6.07, 6.45) is 0. The standard InChI is InChI=1S/C46H27N7/c1-48-32-24-22-31(23-25-32)45-49-46(53(50-45)33-26-20-30(29-47)21-27-33)40-16-9-15-39-38-14-4-7-19-43(38)52(44(39)40)35-11-8-10-34(28-35)51-41-17-5-2-12-36(41)37-13-3-6-18-42(37)51/h2-28H. The summed E-state index contributed by atoms with van der Waals surface area (Å²) in [5, 5.41) is 19.2. The van der Waals surface area contributed by atoms with Crippen molar-refractivity contribution < 1.29 is 0 Å². The molecule has 7 heteroatoms. The van der Waals surface area contributed by atoms with E-state index in [1.165, 1.54) is 10.8 Å². The topological polar surface area (TPSA) is 68.7 Å². The molecule has 7 aromatic carbocycles. The van der Waals surface area contributed by atoms with Crippen LogP contribution in [0.15, 0.2) is 164 Å². The Kier molecular flexibility index (Phi) is 6.79. The quantitative estimate of drug-likeness (QED) is 0.170. The van der Waals surface area contributed by atoms with Crippen LogP contribution in [0.25, 0.3) is 88.3 Å². The molecule has 246 valence electrons. The van der Waals surface area contributed by atoms with Crippen LogP contribution in [0.1, 0.15) is 5.56 Å². The van der Waals surface area contributed by atoms with Crippen molar-refractivity contribution >= 4 is 49.3 Å². The molecule has 3 aromatic heterocycles. The van der Waals surface area contributed by atoms with E-state index in [1.54, 1.807) is 24.3 Å². The lowest BCUT2D eigenvalue weighted by atomic mass is 10.1. The van der Waals surface area contributed by atoms with Gasteiger partial charge in [0.15, 0.2) is 17.3 Å². The fourth-order valence-corrected chi connectivity index (χ4v) is 7.59. The second-order valence-corrected chi connectivity index (χ2v) is 12.9. The van der Waals surface area contributed by atoms with Crippen LogP contribution in [-0.4, -0.2) is 23.9 Å². The zero-order valence-electron chi connectivity index (χ0n) is 28.2. The molecule has 0 fully saturated rings. The monoisotopic (exact) mass is 677 g/mol. The maximum absolute atomic E-state index is 9.53. The molecule has 0 aliphatic heterocycles. The maximum atomic E-state index is 9.53. The van der Waals surface area contributed by atoms with Gasteiger partial charge in [-0.15, -0.1) is 5.10 Å². The summed E-state index contributed by atoms with van der Waals surface area (Å²) in [6, 6.07) is 57.6. The number of hydrogen-bond acceptors (Lipinski definition) is 3. The van der Waals surface area contributed by atoms with Crippen molar-refractivity contribution in [3.63, 3.8) is 0 Å². The number of fused-ring (bicyclic) bond motifs is 6. The van der Waals surface area contributed by atoms with Gasteiger partial charge in [0.25, 0.3) is 0 Å². The molecule has 10 aromatic rings. The zero-order chi connectivity index (χ0) is 35.5. The third kappa shape index (κ3) is 4.73. The number of benzene rings is 7. The maximum Gasteiger partial charge on any atom is 0.187 e. The van der Waals surface area contributed by atoms with E-state index in [4.69, 9.17) is 16.7 Å². The third-order valence-electron chi connectivity index (χ3n) is 9.96. The van der Waals surface area contributed by atoms with Crippen molar-refractivity contribution in [1.82, 2.24) is 23.9 Å². The molecule has 0 unspecified atom stereocenters. The number of nitrogens with zero attached hydrogens (tertiary/aromatic N) is 7. The molecule has 0 spiro atoms. The second-order valence-electron chi connectivity index (χ2n) is 12.9. The molecule has 10 rings (SSSR count). The molecule has 0 aliphatic rings. The van der Waals surface area contributed by atoms with Gasteiger partial charge in [-0.2, -0.15) is 5.26 Å². The van der Waals surface area contributed by atoms with Crippen molar-refractivity contribution in [3.8, 4) is 45.9 Å². The first-order valence-electron chi connectivity index (χ1n) is 17.3. The minimum Gasteiger partial charge on any atom is -0.309 e. The fourth-order valence-electron chi connectivity index (χ4n) is 7.59.